The molecule has 2 rings (SSSR count). The van der Waals surface area contributed by atoms with E-state index in [4.69, 9.17) is 0 Å². The molecule has 100 valence electrons. The summed E-state index contributed by atoms with van der Waals surface area (Å²) in [5.74, 6) is 0.152. The van der Waals surface area contributed by atoms with Crippen LogP contribution in [0.3, 0.4) is 0 Å². The highest BCUT2D eigenvalue weighted by Gasteiger charge is 2.32. The molecule has 0 spiro atoms. The van der Waals surface area contributed by atoms with Crippen LogP contribution in [-0.4, -0.2) is 37.0 Å². The summed E-state index contributed by atoms with van der Waals surface area (Å²) in [6.07, 6.45) is 0.106. The van der Waals surface area contributed by atoms with Crippen molar-refractivity contribution in [3.63, 3.8) is 0 Å². The van der Waals surface area contributed by atoms with Crippen molar-refractivity contribution in [3.05, 3.63) is 28.7 Å². The van der Waals surface area contributed by atoms with Gasteiger partial charge in [-0.1, -0.05) is 28.9 Å². The smallest absolute Gasteiger partial charge is 0.243 e. The van der Waals surface area contributed by atoms with Gasteiger partial charge in [0.1, 0.15) is 0 Å². The summed E-state index contributed by atoms with van der Waals surface area (Å²) in [6, 6.07) is 6.64. The van der Waals surface area contributed by atoms with Gasteiger partial charge in [0.05, 0.1) is 11.0 Å². The maximum absolute atomic E-state index is 12.4. The van der Waals surface area contributed by atoms with E-state index in [0.717, 1.165) is 4.47 Å². The maximum Gasteiger partial charge on any atom is 0.243 e. The van der Waals surface area contributed by atoms with Crippen LogP contribution in [0.15, 0.2) is 33.6 Å². The fourth-order valence-electron chi connectivity index (χ4n) is 2.01. The zero-order valence-electron chi connectivity index (χ0n) is 10.1. The summed E-state index contributed by atoms with van der Waals surface area (Å²) in [5, 5.41) is 9.80. The fourth-order valence-corrected chi connectivity index (χ4v) is 4.08. The van der Waals surface area contributed by atoms with Gasteiger partial charge in [0, 0.05) is 17.6 Å². The number of β-amino-alcohol motifs (C(OH)–C–C–N with tert-alkyl or cyclic N) is 1. The van der Waals surface area contributed by atoms with Gasteiger partial charge in [0.2, 0.25) is 10.0 Å². The molecule has 0 aliphatic carbocycles. The van der Waals surface area contributed by atoms with Crippen LogP contribution in [0.5, 0.6) is 0 Å². The van der Waals surface area contributed by atoms with E-state index < -0.39 is 16.1 Å². The molecule has 18 heavy (non-hydrogen) atoms. The lowest BCUT2D eigenvalue weighted by atomic mass is 9.98. The highest BCUT2D eigenvalue weighted by Crippen LogP contribution is 2.25. The van der Waals surface area contributed by atoms with Crippen molar-refractivity contribution in [3.8, 4) is 0 Å². The van der Waals surface area contributed by atoms with E-state index in [9.17, 15) is 13.5 Å². The number of sulfonamides is 1. The number of nitrogens with zero attached hydrogens (tertiary/aromatic N) is 1. The van der Waals surface area contributed by atoms with Crippen molar-refractivity contribution in [2.45, 2.75) is 24.3 Å². The first kappa shape index (κ1) is 14.0. The third-order valence-corrected chi connectivity index (χ3v) is 5.67. The van der Waals surface area contributed by atoms with Gasteiger partial charge in [-0.05, 0) is 30.5 Å². The monoisotopic (exact) mass is 333 g/mol. The van der Waals surface area contributed by atoms with Gasteiger partial charge in [-0.25, -0.2) is 8.42 Å². The summed E-state index contributed by atoms with van der Waals surface area (Å²) in [5.41, 5.74) is 0. The molecule has 6 heteroatoms. The molecule has 0 amide bonds. The minimum atomic E-state index is -3.50. The van der Waals surface area contributed by atoms with E-state index >= 15 is 0 Å². The zero-order chi connectivity index (χ0) is 13.3. The van der Waals surface area contributed by atoms with Crippen molar-refractivity contribution in [2.75, 3.05) is 13.1 Å². The van der Waals surface area contributed by atoms with Crippen LogP contribution in [0.2, 0.25) is 0 Å². The molecule has 1 fully saturated rings. The van der Waals surface area contributed by atoms with E-state index in [2.05, 4.69) is 15.9 Å². The third kappa shape index (κ3) is 2.77. The van der Waals surface area contributed by atoms with Gasteiger partial charge in [0.25, 0.3) is 0 Å². The van der Waals surface area contributed by atoms with Gasteiger partial charge in [-0.15, -0.1) is 0 Å². The first-order valence-electron chi connectivity index (χ1n) is 5.85. The Morgan fingerprint density at radius 1 is 1.44 bits per heavy atom. The maximum atomic E-state index is 12.4. The van der Waals surface area contributed by atoms with Crippen molar-refractivity contribution in [2.24, 2.45) is 5.92 Å². The molecule has 1 aromatic rings. The molecule has 4 nitrogen and oxygen atoms in total. The quantitative estimate of drug-likeness (QED) is 0.898. The molecule has 2 atom stereocenters. The van der Waals surface area contributed by atoms with E-state index in [-0.39, 0.29) is 17.4 Å². The number of hydrogen-bond donors (Lipinski definition) is 1. The number of aliphatic hydroxyl groups is 1. The number of hydrogen-bond acceptors (Lipinski definition) is 3. The summed E-state index contributed by atoms with van der Waals surface area (Å²) >= 11 is 3.27. The number of aliphatic hydroxyl groups excluding tert-OH is 1. The largest absolute Gasteiger partial charge is 0.391 e. The molecule has 0 bridgehead atoms. The topological polar surface area (TPSA) is 57.6 Å². The highest BCUT2D eigenvalue weighted by molar-refractivity contribution is 9.10. The van der Waals surface area contributed by atoms with Crippen LogP contribution in [-0.2, 0) is 10.0 Å². The molecule has 1 N–H and O–H groups in total. The average molecular weight is 334 g/mol. The second kappa shape index (κ2) is 5.28. The molecule has 1 aliphatic heterocycles. The molecule has 0 aromatic heterocycles. The van der Waals surface area contributed by atoms with Crippen LogP contribution in [0, 0.1) is 5.92 Å². The fraction of sp³-hybridized carbons (Fsp3) is 0.500. The van der Waals surface area contributed by atoms with Gasteiger partial charge in [-0.3, -0.25) is 0 Å². The predicted octanol–water partition coefficient (Wildman–Crippen LogP) is 1.84. The first-order valence-corrected chi connectivity index (χ1v) is 8.08. The van der Waals surface area contributed by atoms with E-state index in [0.29, 0.717) is 13.0 Å². The molecule has 1 aliphatic rings. The highest BCUT2D eigenvalue weighted by atomic mass is 79.9. The summed E-state index contributed by atoms with van der Waals surface area (Å²) in [7, 11) is -3.50. The SMILES string of the molecule is CC1CCN(S(=O)(=O)c2cccc(Br)c2)CC1O. The first-order chi connectivity index (χ1) is 8.41. The van der Waals surface area contributed by atoms with Crippen LogP contribution in [0.25, 0.3) is 0 Å². The minimum Gasteiger partial charge on any atom is -0.391 e. The minimum absolute atomic E-state index is 0.152. The number of piperidine rings is 1. The van der Waals surface area contributed by atoms with E-state index in [1.165, 1.54) is 4.31 Å². The number of benzene rings is 1. The van der Waals surface area contributed by atoms with Crippen LogP contribution >= 0.6 is 15.9 Å². The zero-order valence-corrected chi connectivity index (χ0v) is 12.5. The summed E-state index contributed by atoms with van der Waals surface area (Å²) < 4.78 is 26.9. The number of rotatable bonds is 2. The van der Waals surface area contributed by atoms with Crippen LogP contribution in [0.1, 0.15) is 13.3 Å². The average Bonchev–Trinajstić information content (AvgIpc) is 2.32. The Kier molecular flexibility index (Phi) is 4.11. The number of halogens is 1. The summed E-state index contributed by atoms with van der Waals surface area (Å²) in [4.78, 5) is 0.263. The summed E-state index contributed by atoms with van der Waals surface area (Å²) in [6.45, 7) is 2.58. The molecular weight excluding hydrogens is 318 g/mol. The molecule has 2 unspecified atom stereocenters. The lowest BCUT2D eigenvalue weighted by Gasteiger charge is -2.33. The van der Waals surface area contributed by atoms with Gasteiger partial charge < -0.3 is 5.11 Å². The molecule has 0 radical (unpaired) electrons. The van der Waals surface area contributed by atoms with E-state index in [1.807, 2.05) is 6.92 Å². The van der Waals surface area contributed by atoms with Crippen LogP contribution in [0.4, 0.5) is 0 Å². The van der Waals surface area contributed by atoms with Crippen LogP contribution < -0.4 is 0 Å². The Morgan fingerprint density at radius 3 is 2.78 bits per heavy atom. The lowest BCUT2D eigenvalue weighted by molar-refractivity contribution is 0.0605. The van der Waals surface area contributed by atoms with E-state index in [1.54, 1.807) is 24.3 Å². The Balaban J connectivity index is 2.27. The van der Waals surface area contributed by atoms with Gasteiger partial charge in [-0.2, -0.15) is 4.31 Å². The molecule has 1 heterocycles. The van der Waals surface area contributed by atoms with Crippen molar-refractivity contribution < 1.29 is 13.5 Å². The van der Waals surface area contributed by atoms with Crippen molar-refractivity contribution in [1.29, 1.82) is 0 Å². The Labute approximate surface area is 116 Å². The molecular formula is C12H16BrNO3S. The molecule has 1 aromatic carbocycles. The van der Waals surface area contributed by atoms with Crippen molar-refractivity contribution in [1.82, 2.24) is 4.31 Å². The molecule has 0 saturated carbocycles. The second-order valence-electron chi connectivity index (χ2n) is 4.65. The Bertz CT molecular complexity index is 532. The van der Waals surface area contributed by atoms with Crippen molar-refractivity contribution >= 4 is 26.0 Å². The van der Waals surface area contributed by atoms with Gasteiger partial charge in [0.15, 0.2) is 0 Å². The Morgan fingerprint density at radius 2 is 2.17 bits per heavy atom. The lowest BCUT2D eigenvalue weighted by Crippen LogP contribution is -2.45. The normalized spacial score (nSPS) is 26.2. The predicted molar refractivity (Wildman–Crippen MR) is 72.7 cm³/mol. The third-order valence-electron chi connectivity index (χ3n) is 3.32. The standard InChI is InChI=1S/C12H16BrNO3S/c1-9-5-6-14(8-12(9)15)18(16,17)11-4-2-3-10(13)7-11/h2-4,7,9,12,15H,5-6,8H2,1H3. The molecule has 1 saturated heterocycles. The Hall–Kier alpha value is -0.430. The second-order valence-corrected chi connectivity index (χ2v) is 7.51. The van der Waals surface area contributed by atoms with Gasteiger partial charge >= 0.3 is 0 Å².